The first-order chi connectivity index (χ1) is 8.83. The lowest BCUT2D eigenvalue weighted by Crippen LogP contribution is -2.12. The predicted octanol–water partition coefficient (Wildman–Crippen LogP) is 3.57. The Morgan fingerprint density at radius 2 is 2.11 bits per heavy atom. The molecule has 18 heavy (non-hydrogen) atoms. The van der Waals surface area contributed by atoms with E-state index in [0.717, 1.165) is 6.54 Å². The first-order valence-corrected chi connectivity index (χ1v) is 6.16. The molecule has 3 rings (SSSR count). The van der Waals surface area contributed by atoms with Crippen molar-refractivity contribution < 1.29 is 0 Å². The number of nitrogens with zero attached hydrogens (tertiary/aromatic N) is 1. The molecular formula is C16H16N2. The van der Waals surface area contributed by atoms with Crippen molar-refractivity contribution in [3.8, 4) is 0 Å². The van der Waals surface area contributed by atoms with Gasteiger partial charge in [0.25, 0.3) is 0 Å². The zero-order valence-corrected chi connectivity index (χ0v) is 10.4. The Bertz CT molecular complexity index is 644. The molecule has 1 aliphatic rings. The quantitative estimate of drug-likeness (QED) is 0.844. The number of aromatic amines is 1. The number of para-hydroxylation sites is 1. The molecule has 90 valence electrons. The maximum absolute atomic E-state index is 3.29. The number of hydrogen-bond donors (Lipinski definition) is 1. The molecule has 0 bridgehead atoms. The van der Waals surface area contributed by atoms with Crippen LogP contribution in [0.3, 0.4) is 0 Å². The maximum Gasteiger partial charge on any atom is 0.0460 e. The molecule has 2 heterocycles. The molecule has 0 saturated carbocycles. The lowest BCUT2D eigenvalue weighted by atomic mass is 10.1. The summed E-state index contributed by atoms with van der Waals surface area (Å²) < 4.78 is 0. The molecular weight excluding hydrogens is 220 g/mol. The Morgan fingerprint density at radius 1 is 1.22 bits per heavy atom. The lowest BCUT2D eigenvalue weighted by Gasteiger charge is -2.15. The molecule has 0 atom stereocenters. The standard InChI is InChI=1S/C16H16N2/c1-18-10-8-13(9-11-18)6-7-14-12-17-16-5-3-2-4-15(14)16/h2-10,12,17H,11H2,1H3/b7-6+. The number of fused-ring (bicyclic) bond motifs is 1. The van der Waals surface area contributed by atoms with Gasteiger partial charge in [0.1, 0.15) is 0 Å². The molecule has 1 aromatic carbocycles. The van der Waals surface area contributed by atoms with Gasteiger partial charge in [0, 0.05) is 30.7 Å². The van der Waals surface area contributed by atoms with Gasteiger partial charge in [0.2, 0.25) is 0 Å². The van der Waals surface area contributed by atoms with Gasteiger partial charge in [0.15, 0.2) is 0 Å². The summed E-state index contributed by atoms with van der Waals surface area (Å²) in [5, 5.41) is 1.27. The van der Waals surface area contributed by atoms with E-state index in [2.05, 4.69) is 77.9 Å². The van der Waals surface area contributed by atoms with Gasteiger partial charge in [-0.2, -0.15) is 0 Å². The van der Waals surface area contributed by atoms with Crippen LogP contribution in [0.15, 0.2) is 60.5 Å². The second kappa shape index (κ2) is 4.57. The molecule has 0 radical (unpaired) electrons. The monoisotopic (exact) mass is 236 g/mol. The van der Waals surface area contributed by atoms with Crippen molar-refractivity contribution in [1.29, 1.82) is 0 Å². The number of allylic oxidation sites excluding steroid dienone is 3. The summed E-state index contributed by atoms with van der Waals surface area (Å²) in [4.78, 5) is 5.44. The number of likely N-dealkylation sites (N-methyl/N-ethyl adjacent to an activating group) is 1. The van der Waals surface area contributed by atoms with Crippen LogP contribution in [0.2, 0.25) is 0 Å². The van der Waals surface area contributed by atoms with E-state index in [1.54, 1.807) is 0 Å². The largest absolute Gasteiger partial charge is 0.377 e. The average molecular weight is 236 g/mol. The molecule has 0 amide bonds. The lowest BCUT2D eigenvalue weighted by molar-refractivity contribution is 0.503. The Kier molecular flexibility index (Phi) is 2.77. The third-order valence-corrected chi connectivity index (χ3v) is 3.21. The highest BCUT2D eigenvalue weighted by atomic mass is 15.1. The highest BCUT2D eigenvalue weighted by Gasteiger charge is 2.00. The smallest absolute Gasteiger partial charge is 0.0460 e. The zero-order chi connectivity index (χ0) is 12.4. The van der Waals surface area contributed by atoms with Gasteiger partial charge in [0.05, 0.1) is 0 Å². The molecule has 1 N–H and O–H groups in total. The molecule has 0 fully saturated rings. The van der Waals surface area contributed by atoms with Gasteiger partial charge < -0.3 is 9.88 Å². The van der Waals surface area contributed by atoms with E-state index in [0.29, 0.717) is 0 Å². The van der Waals surface area contributed by atoms with Crippen LogP contribution in [-0.2, 0) is 0 Å². The summed E-state index contributed by atoms with van der Waals surface area (Å²) in [6.45, 7) is 0.976. The predicted molar refractivity (Wildman–Crippen MR) is 77.2 cm³/mol. The van der Waals surface area contributed by atoms with E-state index in [-0.39, 0.29) is 0 Å². The maximum atomic E-state index is 3.29. The topological polar surface area (TPSA) is 19.0 Å². The van der Waals surface area contributed by atoms with E-state index < -0.39 is 0 Å². The van der Waals surface area contributed by atoms with Crippen LogP contribution >= 0.6 is 0 Å². The minimum Gasteiger partial charge on any atom is -0.377 e. The summed E-state index contributed by atoms with van der Waals surface area (Å²) >= 11 is 0. The fraction of sp³-hybridized carbons (Fsp3) is 0.125. The van der Waals surface area contributed by atoms with Crippen LogP contribution in [0.4, 0.5) is 0 Å². The number of aromatic nitrogens is 1. The number of hydrogen-bond acceptors (Lipinski definition) is 1. The van der Waals surface area contributed by atoms with Crippen molar-refractivity contribution in [1.82, 2.24) is 9.88 Å². The van der Waals surface area contributed by atoms with Crippen molar-refractivity contribution in [3.05, 3.63) is 66.0 Å². The normalized spacial score (nSPS) is 15.6. The number of H-pyrrole nitrogens is 1. The first-order valence-electron chi connectivity index (χ1n) is 6.16. The fourth-order valence-electron chi connectivity index (χ4n) is 2.13. The molecule has 1 aromatic heterocycles. The summed E-state index contributed by atoms with van der Waals surface area (Å²) in [5.41, 5.74) is 3.68. The Morgan fingerprint density at radius 3 is 2.94 bits per heavy atom. The summed E-state index contributed by atoms with van der Waals surface area (Å²) in [6.07, 6.45) is 12.9. The van der Waals surface area contributed by atoms with Gasteiger partial charge in [-0.3, -0.25) is 0 Å². The average Bonchev–Trinajstić information content (AvgIpc) is 2.82. The van der Waals surface area contributed by atoms with Gasteiger partial charge in [-0.05, 0) is 29.5 Å². The van der Waals surface area contributed by atoms with Crippen molar-refractivity contribution in [3.63, 3.8) is 0 Å². The van der Waals surface area contributed by atoms with Crippen LogP contribution in [0.5, 0.6) is 0 Å². The molecule has 0 aliphatic carbocycles. The van der Waals surface area contributed by atoms with Crippen LogP contribution in [0.25, 0.3) is 17.0 Å². The first kappa shape index (κ1) is 10.9. The second-order valence-corrected chi connectivity index (χ2v) is 4.58. The van der Waals surface area contributed by atoms with Crippen molar-refractivity contribution in [2.75, 3.05) is 13.6 Å². The zero-order valence-electron chi connectivity index (χ0n) is 10.4. The molecule has 1 aliphatic heterocycles. The van der Waals surface area contributed by atoms with Crippen LogP contribution in [-0.4, -0.2) is 23.5 Å². The third-order valence-electron chi connectivity index (χ3n) is 3.21. The molecule has 2 nitrogen and oxygen atoms in total. The van der Waals surface area contributed by atoms with Crippen molar-refractivity contribution in [2.45, 2.75) is 0 Å². The fourth-order valence-corrected chi connectivity index (χ4v) is 2.13. The number of nitrogens with one attached hydrogen (secondary N) is 1. The minimum absolute atomic E-state index is 0.976. The summed E-state index contributed by atoms with van der Waals surface area (Å²) in [7, 11) is 2.08. The van der Waals surface area contributed by atoms with Gasteiger partial charge in [-0.15, -0.1) is 0 Å². The van der Waals surface area contributed by atoms with Crippen LogP contribution < -0.4 is 0 Å². The summed E-state index contributed by atoms with van der Waals surface area (Å²) in [5.74, 6) is 0. The van der Waals surface area contributed by atoms with Gasteiger partial charge in [-0.25, -0.2) is 0 Å². The molecule has 0 unspecified atom stereocenters. The Hall–Kier alpha value is -2.22. The van der Waals surface area contributed by atoms with E-state index in [1.165, 1.54) is 22.0 Å². The number of benzene rings is 1. The van der Waals surface area contributed by atoms with E-state index in [9.17, 15) is 0 Å². The van der Waals surface area contributed by atoms with E-state index in [1.807, 2.05) is 0 Å². The van der Waals surface area contributed by atoms with E-state index >= 15 is 0 Å². The van der Waals surface area contributed by atoms with Crippen molar-refractivity contribution >= 4 is 17.0 Å². The van der Waals surface area contributed by atoms with Crippen LogP contribution in [0.1, 0.15) is 5.56 Å². The minimum atomic E-state index is 0.976. The molecule has 2 aromatic rings. The number of rotatable bonds is 2. The SMILES string of the molecule is CN1C=CC(/C=C/c2c[nH]c3ccccc23)=CC1. The molecule has 0 saturated heterocycles. The van der Waals surface area contributed by atoms with E-state index in [4.69, 9.17) is 0 Å². The highest BCUT2D eigenvalue weighted by Crippen LogP contribution is 2.20. The third kappa shape index (κ3) is 2.09. The van der Waals surface area contributed by atoms with Crippen LogP contribution in [0, 0.1) is 0 Å². The van der Waals surface area contributed by atoms with Gasteiger partial charge >= 0.3 is 0 Å². The Balaban J connectivity index is 1.87. The second-order valence-electron chi connectivity index (χ2n) is 4.58. The highest BCUT2D eigenvalue weighted by molar-refractivity contribution is 5.89. The van der Waals surface area contributed by atoms with Crippen molar-refractivity contribution in [2.24, 2.45) is 0 Å². The summed E-state index contributed by atoms with van der Waals surface area (Å²) in [6, 6.07) is 8.36. The van der Waals surface area contributed by atoms with Gasteiger partial charge in [-0.1, -0.05) is 36.4 Å². The molecule has 2 heteroatoms. The molecule has 0 spiro atoms. The Labute approximate surface area is 107 Å².